The Morgan fingerprint density at radius 2 is 2.03 bits per heavy atom. The first-order chi connectivity index (χ1) is 15.0. The van der Waals surface area contributed by atoms with E-state index in [-0.39, 0.29) is 0 Å². The van der Waals surface area contributed by atoms with Gasteiger partial charge < -0.3 is 26.8 Å². The SMILES string of the molecule is CCCc1cc(N2CCC(NCc3ccccc3O)CC2)nc2sc(C(N)=O)c(N)c12. The largest absolute Gasteiger partial charge is 0.508 e. The highest BCUT2D eigenvalue weighted by molar-refractivity contribution is 7.21. The highest BCUT2D eigenvalue weighted by Crippen LogP contribution is 2.37. The molecule has 3 heterocycles. The highest BCUT2D eigenvalue weighted by Gasteiger charge is 2.23. The molecule has 1 aliphatic heterocycles. The molecule has 4 rings (SSSR count). The van der Waals surface area contributed by atoms with Gasteiger partial charge in [-0.15, -0.1) is 11.3 Å². The number of para-hydroxylation sites is 1. The van der Waals surface area contributed by atoms with Crippen LogP contribution in [0, 0.1) is 0 Å². The zero-order valence-corrected chi connectivity index (χ0v) is 18.5. The first-order valence-electron chi connectivity index (χ1n) is 10.7. The molecule has 0 unspecified atom stereocenters. The van der Waals surface area contributed by atoms with Gasteiger partial charge in [-0.3, -0.25) is 4.79 Å². The summed E-state index contributed by atoms with van der Waals surface area (Å²) in [4.78, 5) is 20.1. The second-order valence-corrected chi connectivity index (χ2v) is 9.05. The van der Waals surface area contributed by atoms with Crippen LogP contribution in [-0.4, -0.2) is 35.1 Å². The molecule has 1 aliphatic rings. The fraction of sp³-hybridized carbons (Fsp3) is 0.391. The summed E-state index contributed by atoms with van der Waals surface area (Å²) in [5, 5.41) is 14.4. The van der Waals surface area contributed by atoms with E-state index in [9.17, 15) is 9.90 Å². The second-order valence-electron chi connectivity index (χ2n) is 8.05. The van der Waals surface area contributed by atoms with Crippen molar-refractivity contribution in [2.75, 3.05) is 23.7 Å². The highest BCUT2D eigenvalue weighted by atomic mass is 32.1. The van der Waals surface area contributed by atoms with E-state index in [4.69, 9.17) is 16.5 Å². The van der Waals surface area contributed by atoms with Crippen LogP contribution in [0.25, 0.3) is 10.2 Å². The number of aromatic hydroxyl groups is 1. The number of thiophene rings is 1. The number of carbonyl (C=O) groups is 1. The van der Waals surface area contributed by atoms with Gasteiger partial charge in [0.15, 0.2) is 0 Å². The number of aryl methyl sites for hydroxylation is 1. The Bertz CT molecular complexity index is 1090. The van der Waals surface area contributed by atoms with Crippen molar-refractivity contribution in [3.8, 4) is 5.75 Å². The van der Waals surface area contributed by atoms with Gasteiger partial charge in [-0.25, -0.2) is 4.98 Å². The number of rotatable bonds is 7. The molecule has 2 aromatic heterocycles. The molecule has 0 spiro atoms. The molecule has 1 amide bonds. The van der Waals surface area contributed by atoms with E-state index in [2.05, 4.69) is 23.2 Å². The van der Waals surface area contributed by atoms with Crippen LogP contribution in [0.1, 0.15) is 47.0 Å². The van der Waals surface area contributed by atoms with Crippen LogP contribution in [0.15, 0.2) is 30.3 Å². The second kappa shape index (κ2) is 9.11. The molecule has 0 radical (unpaired) electrons. The van der Waals surface area contributed by atoms with Crippen LogP contribution in [0.3, 0.4) is 0 Å². The average molecular weight is 440 g/mol. The number of hydrogen-bond donors (Lipinski definition) is 4. The number of amides is 1. The average Bonchev–Trinajstić information content (AvgIpc) is 3.11. The molecule has 0 bridgehead atoms. The first kappa shape index (κ1) is 21.4. The van der Waals surface area contributed by atoms with Gasteiger partial charge in [0.1, 0.15) is 21.3 Å². The van der Waals surface area contributed by atoms with Gasteiger partial charge in [0.25, 0.3) is 5.91 Å². The number of fused-ring (bicyclic) bond motifs is 1. The summed E-state index contributed by atoms with van der Waals surface area (Å²) < 4.78 is 0. The third kappa shape index (κ3) is 4.45. The number of aromatic nitrogens is 1. The minimum absolute atomic E-state index is 0.332. The standard InChI is InChI=1S/C23H29N5O2S/c1-2-5-14-12-18(27-23-19(14)20(24)21(31-23)22(25)30)28-10-8-16(9-11-28)26-13-15-6-3-4-7-17(15)29/h3-4,6-7,12,16,26,29H,2,5,8-11,13,24H2,1H3,(H2,25,30). The molecule has 8 heteroatoms. The van der Waals surface area contributed by atoms with Crippen LogP contribution in [0.5, 0.6) is 5.75 Å². The fourth-order valence-corrected chi connectivity index (χ4v) is 5.21. The normalized spacial score (nSPS) is 14.9. The summed E-state index contributed by atoms with van der Waals surface area (Å²) in [7, 11) is 0. The summed E-state index contributed by atoms with van der Waals surface area (Å²) in [5.74, 6) is 0.771. The molecular weight excluding hydrogens is 410 g/mol. The van der Waals surface area contributed by atoms with E-state index < -0.39 is 5.91 Å². The van der Waals surface area contributed by atoms with Gasteiger partial charge in [0.2, 0.25) is 0 Å². The lowest BCUT2D eigenvalue weighted by Crippen LogP contribution is -2.42. The minimum Gasteiger partial charge on any atom is -0.508 e. The molecule has 0 atom stereocenters. The van der Waals surface area contributed by atoms with Crippen LogP contribution < -0.4 is 21.7 Å². The van der Waals surface area contributed by atoms with Crippen LogP contribution in [0.2, 0.25) is 0 Å². The van der Waals surface area contributed by atoms with E-state index in [0.717, 1.165) is 65.9 Å². The van der Waals surface area contributed by atoms with E-state index in [0.29, 0.717) is 28.9 Å². The topological polar surface area (TPSA) is 117 Å². The van der Waals surface area contributed by atoms with Crippen molar-refractivity contribution in [1.29, 1.82) is 0 Å². The maximum absolute atomic E-state index is 11.8. The van der Waals surface area contributed by atoms with E-state index in [1.165, 1.54) is 11.3 Å². The number of benzene rings is 1. The lowest BCUT2D eigenvalue weighted by Gasteiger charge is -2.33. The number of piperidine rings is 1. The molecule has 0 saturated carbocycles. The Hall–Kier alpha value is -2.84. The number of nitrogens with two attached hydrogens (primary N) is 2. The molecule has 1 fully saturated rings. The molecule has 164 valence electrons. The lowest BCUT2D eigenvalue weighted by molar-refractivity contribution is 0.100. The zero-order valence-electron chi connectivity index (χ0n) is 17.7. The number of phenols is 1. The Morgan fingerprint density at radius 3 is 2.71 bits per heavy atom. The summed E-state index contributed by atoms with van der Waals surface area (Å²) in [5.41, 5.74) is 14.3. The van der Waals surface area contributed by atoms with E-state index in [1.54, 1.807) is 6.07 Å². The molecule has 6 N–H and O–H groups in total. The van der Waals surface area contributed by atoms with Crippen molar-refractivity contribution in [3.63, 3.8) is 0 Å². The number of carbonyl (C=O) groups excluding carboxylic acids is 1. The number of nitrogen functional groups attached to an aromatic ring is 1. The molecule has 1 aromatic carbocycles. The summed E-state index contributed by atoms with van der Waals surface area (Å²) >= 11 is 1.28. The third-order valence-electron chi connectivity index (χ3n) is 5.90. The Labute approximate surface area is 186 Å². The number of primary amides is 1. The van der Waals surface area contributed by atoms with E-state index in [1.807, 2.05) is 18.2 Å². The van der Waals surface area contributed by atoms with Crippen molar-refractivity contribution < 1.29 is 9.90 Å². The maximum atomic E-state index is 11.8. The number of nitrogens with one attached hydrogen (secondary N) is 1. The summed E-state index contributed by atoms with van der Waals surface area (Å²) in [6, 6.07) is 9.95. The first-order valence-corrected chi connectivity index (χ1v) is 11.6. The van der Waals surface area contributed by atoms with Gasteiger partial charge >= 0.3 is 0 Å². The van der Waals surface area contributed by atoms with Gasteiger partial charge in [-0.2, -0.15) is 0 Å². The Morgan fingerprint density at radius 1 is 1.29 bits per heavy atom. The van der Waals surface area contributed by atoms with Crippen molar-refractivity contribution in [2.45, 2.75) is 45.2 Å². The quantitative estimate of drug-likeness (QED) is 0.448. The van der Waals surface area contributed by atoms with E-state index >= 15 is 0 Å². The summed E-state index contributed by atoms with van der Waals surface area (Å²) in [6.07, 6.45) is 3.85. The molecule has 1 saturated heterocycles. The number of nitrogens with zero attached hydrogens (tertiary/aromatic N) is 2. The monoisotopic (exact) mass is 439 g/mol. The fourth-order valence-electron chi connectivity index (χ4n) is 4.22. The third-order valence-corrected chi connectivity index (χ3v) is 7.02. The molecular formula is C23H29N5O2S. The Kier molecular flexibility index (Phi) is 6.29. The predicted molar refractivity (Wildman–Crippen MR) is 127 cm³/mol. The number of pyridine rings is 1. The van der Waals surface area contributed by atoms with Crippen molar-refractivity contribution in [3.05, 3.63) is 46.3 Å². The van der Waals surface area contributed by atoms with Crippen LogP contribution in [-0.2, 0) is 13.0 Å². The van der Waals surface area contributed by atoms with Gasteiger partial charge in [0, 0.05) is 36.6 Å². The van der Waals surface area contributed by atoms with Gasteiger partial charge in [-0.05, 0) is 37.0 Å². The molecule has 0 aliphatic carbocycles. The van der Waals surface area contributed by atoms with Crippen LogP contribution >= 0.6 is 11.3 Å². The number of phenolic OH excluding ortho intramolecular Hbond substituents is 1. The smallest absolute Gasteiger partial charge is 0.260 e. The van der Waals surface area contributed by atoms with Crippen molar-refractivity contribution in [2.24, 2.45) is 5.73 Å². The van der Waals surface area contributed by atoms with Crippen molar-refractivity contribution in [1.82, 2.24) is 10.3 Å². The summed E-state index contributed by atoms with van der Waals surface area (Å²) in [6.45, 7) is 4.58. The van der Waals surface area contributed by atoms with Crippen LogP contribution in [0.4, 0.5) is 11.5 Å². The number of anilines is 2. The molecule has 3 aromatic rings. The van der Waals surface area contributed by atoms with Crippen molar-refractivity contribution >= 4 is 39.0 Å². The zero-order chi connectivity index (χ0) is 22.0. The number of hydrogen-bond acceptors (Lipinski definition) is 7. The lowest BCUT2D eigenvalue weighted by atomic mass is 10.0. The van der Waals surface area contributed by atoms with Gasteiger partial charge in [0.05, 0.1) is 5.69 Å². The predicted octanol–water partition coefficient (Wildman–Crippen LogP) is 3.39. The molecule has 7 nitrogen and oxygen atoms in total. The maximum Gasteiger partial charge on any atom is 0.260 e. The van der Waals surface area contributed by atoms with Gasteiger partial charge in [-0.1, -0.05) is 31.5 Å². The molecule has 31 heavy (non-hydrogen) atoms. The minimum atomic E-state index is -0.499. The Balaban J connectivity index is 1.48.